The van der Waals surface area contributed by atoms with Crippen LogP contribution in [0.1, 0.15) is 16.7 Å². The van der Waals surface area contributed by atoms with Crippen LogP contribution in [0.3, 0.4) is 0 Å². The minimum Gasteiger partial charge on any atom is -0.309 e. The number of hydrogen-bond donors (Lipinski definition) is 1. The molecule has 1 nitrogen and oxygen atoms in total. The fourth-order valence-electron chi connectivity index (χ4n) is 1.94. The third-order valence-corrected chi connectivity index (χ3v) is 3.09. The maximum atomic E-state index is 12.8. The van der Waals surface area contributed by atoms with Gasteiger partial charge in [0, 0.05) is 18.1 Å². The Morgan fingerprint density at radius 2 is 1.70 bits per heavy atom. The van der Waals surface area contributed by atoms with Crippen molar-refractivity contribution in [3.8, 4) is 0 Å². The summed E-state index contributed by atoms with van der Waals surface area (Å²) in [4.78, 5) is 0. The Morgan fingerprint density at radius 3 is 2.40 bits per heavy atom. The molecule has 0 aliphatic rings. The Bertz CT molecular complexity index is 581. The lowest BCUT2D eigenvalue weighted by Gasteiger charge is -2.13. The summed E-state index contributed by atoms with van der Waals surface area (Å²) in [6.45, 7) is 0.620. The summed E-state index contributed by atoms with van der Waals surface area (Å²) in [5.74, 6) is 0. The van der Waals surface area contributed by atoms with E-state index >= 15 is 0 Å². The minimum absolute atomic E-state index is 0.155. The SMILES string of the molecule is FC(F)(F)c1ccccc1CNCc1cccc(Cl)c1. The molecule has 1 N–H and O–H groups in total. The summed E-state index contributed by atoms with van der Waals surface area (Å²) in [6, 6.07) is 12.8. The highest BCUT2D eigenvalue weighted by molar-refractivity contribution is 6.30. The van der Waals surface area contributed by atoms with Crippen molar-refractivity contribution in [1.82, 2.24) is 5.32 Å². The van der Waals surface area contributed by atoms with Gasteiger partial charge >= 0.3 is 6.18 Å². The van der Waals surface area contributed by atoms with Crippen molar-refractivity contribution in [3.63, 3.8) is 0 Å². The highest BCUT2D eigenvalue weighted by Crippen LogP contribution is 2.31. The number of benzene rings is 2. The van der Waals surface area contributed by atoms with E-state index in [0.717, 1.165) is 11.6 Å². The molecule has 0 bridgehead atoms. The Balaban J connectivity index is 2.01. The van der Waals surface area contributed by atoms with Crippen LogP contribution in [0.4, 0.5) is 13.2 Å². The molecule has 2 aromatic carbocycles. The number of nitrogens with one attached hydrogen (secondary N) is 1. The van der Waals surface area contributed by atoms with Crippen LogP contribution in [0, 0.1) is 0 Å². The topological polar surface area (TPSA) is 12.0 Å². The molecule has 0 heterocycles. The van der Waals surface area contributed by atoms with E-state index in [9.17, 15) is 13.2 Å². The summed E-state index contributed by atoms with van der Waals surface area (Å²) in [5, 5.41) is 3.61. The lowest BCUT2D eigenvalue weighted by Crippen LogP contribution is -2.17. The normalized spacial score (nSPS) is 11.6. The second kappa shape index (κ2) is 6.29. The number of rotatable bonds is 4. The van der Waals surface area contributed by atoms with Crippen LogP contribution in [0.25, 0.3) is 0 Å². The molecule has 0 aromatic heterocycles. The first kappa shape index (κ1) is 14.9. The van der Waals surface area contributed by atoms with Gasteiger partial charge in [0.15, 0.2) is 0 Å². The van der Waals surface area contributed by atoms with Crippen molar-refractivity contribution in [2.24, 2.45) is 0 Å². The number of hydrogen-bond acceptors (Lipinski definition) is 1. The fourth-order valence-corrected chi connectivity index (χ4v) is 2.15. The van der Waals surface area contributed by atoms with E-state index in [1.54, 1.807) is 18.2 Å². The molecule has 20 heavy (non-hydrogen) atoms. The van der Waals surface area contributed by atoms with E-state index < -0.39 is 11.7 Å². The van der Waals surface area contributed by atoms with Gasteiger partial charge in [0.25, 0.3) is 0 Å². The second-order valence-electron chi connectivity index (χ2n) is 4.39. The first-order valence-corrected chi connectivity index (χ1v) is 6.45. The van der Waals surface area contributed by atoms with Crippen molar-refractivity contribution in [2.45, 2.75) is 19.3 Å². The quantitative estimate of drug-likeness (QED) is 0.866. The first-order valence-electron chi connectivity index (χ1n) is 6.07. The zero-order valence-corrected chi connectivity index (χ0v) is 11.3. The minimum atomic E-state index is -4.33. The van der Waals surface area contributed by atoms with Gasteiger partial charge < -0.3 is 5.32 Å². The van der Waals surface area contributed by atoms with Gasteiger partial charge in [-0.3, -0.25) is 0 Å². The third-order valence-electron chi connectivity index (χ3n) is 2.86. The Morgan fingerprint density at radius 1 is 0.950 bits per heavy atom. The van der Waals surface area contributed by atoms with Gasteiger partial charge in [-0.05, 0) is 29.3 Å². The zero-order valence-electron chi connectivity index (χ0n) is 10.5. The lowest BCUT2D eigenvalue weighted by atomic mass is 10.1. The average molecular weight is 300 g/mol. The van der Waals surface area contributed by atoms with Crippen molar-refractivity contribution < 1.29 is 13.2 Å². The molecule has 2 rings (SSSR count). The van der Waals surface area contributed by atoms with E-state index in [1.807, 2.05) is 12.1 Å². The first-order chi connectivity index (χ1) is 9.47. The summed E-state index contributed by atoms with van der Waals surface area (Å²) >= 11 is 5.85. The molecule has 0 unspecified atom stereocenters. The summed E-state index contributed by atoms with van der Waals surface area (Å²) in [6.07, 6.45) is -4.33. The molecular weight excluding hydrogens is 287 g/mol. The van der Waals surface area contributed by atoms with E-state index in [0.29, 0.717) is 11.6 Å². The monoisotopic (exact) mass is 299 g/mol. The van der Waals surface area contributed by atoms with Gasteiger partial charge in [0.1, 0.15) is 0 Å². The molecule has 0 saturated carbocycles. The molecule has 0 amide bonds. The van der Waals surface area contributed by atoms with Gasteiger partial charge in [0.05, 0.1) is 5.56 Å². The smallest absolute Gasteiger partial charge is 0.309 e. The maximum Gasteiger partial charge on any atom is 0.416 e. The van der Waals surface area contributed by atoms with Gasteiger partial charge in [-0.25, -0.2) is 0 Å². The van der Waals surface area contributed by atoms with Crippen LogP contribution in [-0.2, 0) is 19.3 Å². The predicted octanol–water partition coefficient (Wildman–Crippen LogP) is 4.65. The van der Waals surface area contributed by atoms with E-state index in [1.165, 1.54) is 12.1 Å². The van der Waals surface area contributed by atoms with Crippen molar-refractivity contribution >= 4 is 11.6 Å². The third kappa shape index (κ3) is 3.99. The second-order valence-corrected chi connectivity index (χ2v) is 4.82. The van der Waals surface area contributed by atoms with Crippen LogP contribution in [0.2, 0.25) is 5.02 Å². The van der Waals surface area contributed by atoms with Crippen LogP contribution in [0.5, 0.6) is 0 Å². The highest BCUT2D eigenvalue weighted by Gasteiger charge is 2.32. The molecule has 5 heteroatoms. The Labute approximate surface area is 120 Å². The summed E-state index contributed by atoms with van der Waals surface area (Å²) in [5.41, 5.74) is 0.572. The maximum absolute atomic E-state index is 12.8. The molecule has 0 aliphatic carbocycles. The highest BCUT2D eigenvalue weighted by atomic mass is 35.5. The number of alkyl halides is 3. The average Bonchev–Trinajstić information content (AvgIpc) is 2.38. The van der Waals surface area contributed by atoms with E-state index in [4.69, 9.17) is 11.6 Å². The Hall–Kier alpha value is -1.52. The zero-order chi connectivity index (χ0) is 14.6. The number of halogens is 4. The van der Waals surface area contributed by atoms with Crippen LogP contribution < -0.4 is 5.32 Å². The van der Waals surface area contributed by atoms with Gasteiger partial charge in [-0.2, -0.15) is 13.2 Å². The van der Waals surface area contributed by atoms with Crippen LogP contribution in [-0.4, -0.2) is 0 Å². The molecule has 0 spiro atoms. The molecule has 0 atom stereocenters. The lowest BCUT2D eigenvalue weighted by molar-refractivity contribution is -0.138. The predicted molar refractivity (Wildman–Crippen MR) is 73.4 cm³/mol. The Kier molecular flexibility index (Phi) is 4.68. The van der Waals surface area contributed by atoms with Crippen molar-refractivity contribution in [2.75, 3.05) is 0 Å². The van der Waals surface area contributed by atoms with Crippen molar-refractivity contribution in [3.05, 3.63) is 70.2 Å². The largest absolute Gasteiger partial charge is 0.416 e. The molecule has 0 aliphatic heterocycles. The summed E-state index contributed by atoms with van der Waals surface area (Å²) in [7, 11) is 0. The van der Waals surface area contributed by atoms with Crippen molar-refractivity contribution in [1.29, 1.82) is 0 Å². The van der Waals surface area contributed by atoms with E-state index in [-0.39, 0.29) is 12.1 Å². The standard InChI is InChI=1S/C15H13ClF3N/c16-13-6-3-4-11(8-13)9-20-10-12-5-1-2-7-14(12)15(17,18)19/h1-8,20H,9-10H2. The van der Waals surface area contributed by atoms with Crippen LogP contribution in [0.15, 0.2) is 48.5 Å². The summed E-state index contributed by atoms with van der Waals surface area (Å²) < 4.78 is 38.4. The fraction of sp³-hybridized carbons (Fsp3) is 0.200. The van der Waals surface area contributed by atoms with Gasteiger partial charge in [-0.1, -0.05) is 41.9 Å². The van der Waals surface area contributed by atoms with Crippen LogP contribution >= 0.6 is 11.6 Å². The molecule has 0 radical (unpaired) electrons. The molecule has 0 fully saturated rings. The van der Waals surface area contributed by atoms with E-state index in [2.05, 4.69) is 5.32 Å². The molecule has 2 aromatic rings. The van der Waals surface area contributed by atoms with Gasteiger partial charge in [0.2, 0.25) is 0 Å². The molecule has 0 saturated heterocycles. The van der Waals surface area contributed by atoms with Gasteiger partial charge in [-0.15, -0.1) is 0 Å². The molecule has 106 valence electrons. The molecular formula is C15H13ClF3N.